The number of rotatable bonds is 4. The Labute approximate surface area is 164 Å². The van der Waals surface area contributed by atoms with Crippen molar-refractivity contribution in [2.75, 3.05) is 11.9 Å². The Balaban J connectivity index is 1.74. The van der Waals surface area contributed by atoms with Crippen LogP contribution in [0.4, 0.5) is 11.4 Å². The molecule has 1 amide bonds. The summed E-state index contributed by atoms with van der Waals surface area (Å²) in [5, 5.41) is 14.8. The van der Waals surface area contributed by atoms with Crippen molar-refractivity contribution in [3.63, 3.8) is 0 Å². The van der Waals surface area contributed by atoms with E-state index in [1.165, 1.54) is 35.5 Å². The maximum Gasteiger partial charge on any atom is 0.271 e. The molecule has 0 saturated carbocycles. The lowest BCUT2D eigenvalue weighted by atomic mass is 9.80. The first-order valence-electron chi connectivity index (χ1n) is 9.15. The van der Waals surface area contributed by atoms with Crippen molar-refractivity contribution in [2.45, 2.75) is 38.6 Å². The van der Waals surface area contributed by atoms with E-state index in [1.807, 2.05) is 6.07 Å². The molecule has 7 heteroatoms. The average Bonchev–Trinajstić information content (AvgIpc) is 2.66. The molecule has 1 N–H and O–H groups in total. The van der Waals surface area contributed by atoms with Crippen LogP contribution >= 0.6 is 0 Å². The minimum absolute atomic E-state index is 0.105. The van der Waals surface area contributed by atoms with Crippen LogP contribution < -0.4 is 10.3 Å². The van der Waals surface area contributed by atoms with Crippen LogP contribution in [0.15, 0.2) is 47.6 Å². The van der Waals surface area contributed by atoms with E-state index in [9.17, 15) is 14.9 Å². The quantitative estimate of drug-likeness (QED) is 0.492. The number of non-ortho nitro benzene ring substituents is 1. The number of nitrogens with zero attached hydrogens (tertiary/aromatic N) is 3. The van der Waals surface area contributed by atoms with Gasteiger partial charge in [-0.3, -0.25) is 14.9 Å². The number of benzene rings is 2. The smallest absolute Gasteiger partial charge is 0.271 e. The first kappa shape index (κ1) is 19.5. The van der Waals surface area contributed by atoms with Crippen molar-refractivity contribution in [1.82, 2.24) is 5.43 Å². The normalized spacial score (nSPS) is 18.0. The summed E-state index contributed by atoms with van der Waals surface area (Å²) < 4.78 is 0. The summed E-state index contributed by atoms with van der Waals surface area (Å²) in [5.74, 6) is -0.0678. The lowest BCUT2D eigenvalue weighted by Crippen LogP contribution is -2.45. The Morgan fingerprint density at radius 2 is 2.07 bits per heavy atom. The number of nitro benzene ring substituents is 1. The number of hydrogen-bond donors (Lipinski definition) is 1. The van der Waals surface area contributed by atoms with Crippen LogP contribution in [0.25, 0.3) is 0 Å². The summed E-state index contributed by atoms with van der Waals surface area (Å²) in [5.41, 5.74) is 5.94. The Hall–Kier alpha value is -3.22. The molecule has 1 aliphatic heterocycles. The molecule has 7 nitrogen and oxygen atoms in total. The number of fused-ring (bicyclic) bond motifs is 1. The SMILES string of the molecule is CC1CC(C)(C)N(C)c2ccc(/C=N\NC(=O)c3cccc([N+](=O)[O-])c3)cc21. The maximum atomic E-state index is 12.2. The van der Waals surface area contributed by atoms with E-state index in [4.69, 9.17) is 0 Å². The van der Waals surface area contributed by atoms with Gasteiger partial charge in [-0.1, -0.05) is 19.1 Å². The topological polar surface area (TPSA) is 87.8 Å². The number of hydrogen-bond acceptors (Lipinski definition) is 5. The second-order valence-corrected chi connectivity index (χ2v) is 7.80. The van der Waals surface area contributed by atoms with Gasteiger partial charge in [-0.25, -0.2) is 5.43 Å². The highest BCUT2D eigenvalue weighted by molar-refractivity contribution is 5.95. The molecule has 0 spiro atoms. The Morgan fingerprint density at radius 1 is 1.32 bits per heavy atom. The Bertz CT molecular complexity index is 952. The number of nitro groups is 1. The summed E-state index contributed by atoms with van der Waals surface area (Å²) in [7, 11) is 2.11. The van der Waals surface area contributed by atoms with E-state index in [2.05, 4.69) is 55.4 Å². The van der Waals surface area contributed by atoms with Gasteiger partial charge in [-0.05, 0) is 55.5 Å². The molecule has 2 aromatic carbocycles. The molecule has 1 heterocycles. The lowest BCUT2D eigenvalue weighted by molar-refractivity contribution is -0.384. The van der Waals surface area contributed by atoms with E-state index in [0.717, 1.165) is 12.0 Å². The molecule has 3 rings (SSSR count). The zero-order valence-corrected chi connectivity index (χ0v) is 16.5. The summed E-state index contributed by atoms with van der Waals surface area (Å²) in [6, 6.07) is 11.7. The molecule has 1 atom stereocenters. The van der Waals surface area contributed by atoms with Gasteiger partial charge in [0.15, 0.2) is 0 Å². The first-order chi connectivity index (χ1) is 13.2. The maximum absolute atomic E-state index is 12.2. The lowest BCUT2D eigenvalue weighted by Gasteiger charge is -2.45. The first-order valence-corrected chi connectivity index (χ1v) is 9.15. The second kappa shape index (κ2) is 7.42. The standard InChI is InChI=1S/C21H24N4O3/c1-14-12-21(2,3)24(4)19-9-8-15(10-18(14)19)13-22-23-20(26)16-6-5-7-17(11-16)25(27)28/h5-11,13-14H,12H2,1-4H3,(H,23,26)/b22-13-. The molecule has 0 saturated heterocycles. The van der Waals surface area contributed by atoms with Gasteiger partial charge in [0, 0.05) is 36.0 Å². The Morgan fingerprint density at radius 3 is 2.79 bits per heavy atom. The molecule has 0 bridgehead atoms. The molecular formula is C21H24N4O3. The number of hydrazone groups is 1. The third kappa shape index (κ3) is 3.88. The monoisotopic (exact) mass is 380 g/mol. The van der Waals surface area contributed by atoms with Crippen molar-refractivity contribution < 1.29 is 9.72 Å². The van der Waals surface area contributed by atoms with Crippen LogP contribution in [-0.4, -0.2) is 29.6 Å². The molecule has 1 aliphatic rings. The average molecular weight is 380 g/mol. The molecule has 2 aromatic rings. The predicted molar refractivity (Wildman–Crippen MR) is 110 cm³/mol. The summed E-state index contributed by atoms with van der Waals surface area (Å²) in [6.07, 6.45) is 2.64. The molecular weight excluding hydrogens is 356 g/mol. The fourth-order valence-electron chi connectivity index (χ4n) is 3.67. The van der Waals surface area contributed by atoms with Crippen LogP contribution in [0.5, 0.6) is 0 Å². The summed E-state index contributed by atoms with van der Waals surface area (Å²) in [4.78, 5) is 24.7. The third-order valence-corrected chi connectivity index (χ3v) is 5.36. The third-order valence-electron chi connectivity index (χ3n) is 5.36. The van der Waals surface area contributed by atoms with Gasteiger partial charge in [-0.15, -0.1) is 0 Å². The van der Waals surface area contributed by atoms with Gasteiger partial charge in [0.25, 0.3) is 11.6 Å². The van der Waals surface area contributed by atoms with Crippen molar-refractivity contribution in [3.8, 4) is 0 Å². The number of carbonyl (C=O) groups is 1. The van der Waals surface area contributed by atoms with Crippen LogP contribution in [0.1, 0.15) is 54.6 Å². The number of nitrogens with one attached hydrogen (secondary N) is 1. The predicted octanol–water partition coefficient (Wildman–Crippen LogP) is 4.08. The summed E-state index contributed by atoms with van der Waals surface area (Å²) in [6.45, 7) is 6.70. The van der Waals surface area contributed by atoms with Crippen molar-refractivity contribution in [3.05, 3.63) is 69.3 Å². The second-order valence-electron chi connectivity index (χ2n) is 7.80. The van der Waals surface area contributed by atoms with Crippen LogP contribution in [-0.2, 0) is 0 Å². The van der Waals surface area contributed by atoms with E-state index in [0.29, 0.717) is 5.92 Å². The van der Waals surface area contributed by atoms with E-state index in [-0.39, 0.29) is 16.8 Å². The molecule has 0 aromatic heterocycles. The fourth-order valence-corrected chi connectivity index (χ4v) is 3.67. The van der Waals surface area contributed by atoms with Gasteiger partial charge in [0.05, 0.1) is 11.1 Å². The zero-order chi connectivity index (χ0) is 20.5. The van der Waals surface area contributed by atoms with Crippen LogP contribution in [0.3, 0.4) is 0 Å². The van der Waals surface area contributed by atoms with Crippen molar-refractivity contribution >= 4 is 23.5 Å². The van der Waals surface area contributed by atoms with Gasteiger partial charge in [-0.2, -0.15) is 5.10 Å². The van der Waals surface area contributed by atoms with E-state index < -0.39 is 10.8 Å². The molecule has 28 heavy (non-hydrogen) atoms. The molecule has 0 fully saturated rings. The van der Waals surface area contributed by atoms with Crippen LogP contribution in [0.2, 0.25) is 0 Å². The van der Waals surface area contributed by atoms with Crippen molar-refractivity contribution in [1.29, 1.82) is 0 Å². The van der Waals surface area contributed by atoms with Crippen molar-refractivity contribution in [2.24, 2.45) is 5.10 Å². The zero-order valence-electron chi connectivity index (χ0n) is 16.5. The highest BCUT2D eigenvalue weighted by Gasteiger charge is 2.33. The summed E-state index contributed by atoms with van der Waals surface area (Å²) >= 11 is 0. The molecule has 146 valence electrons. The minimum Gasteiger partial charge on any atom is -0.369 e. The highest BCUT2D eigenvalue weighted by atomic mass is 16.6. The molecule has 0 aliphatic carbocycles. The van der Waals surface area contributed by atoms with Crippen LogP contribution in [0, 0.1) is 10.1 Å². The van der Waals surface area contributed by atoms with Gasteiger partial charge in [0.2, 0.25) is 0 Å². The number of amides is 1. The highest BCUT2D eigenvalue weighted by Crippen LogP contribution is 2.42. The largest absolute Gasteiger partial charge is 0.369 e. The fraction of sp³-hybridized carbons (Fsp3) is 0.333. The van der Waals surface area contributed by atoms with Gasteiger partial charge in [0.1, 0.15) is 0 Å². The van der Waals surface area contributed by atoms with Gasteiger partial charge >= 0.3 is 0 Å². The number of anilines is 1. The molecule has 0 radical (unpaired) electrons. The van der Waals surface area contributed by atoms with E-state index >= 15 is 0 Å². The number of carbonyl (C=O) groups excluding carboxylic acids is 1. The van der Waals surface area contributed by atoms with E-state index in [1.54, 1.807) is 6.21 Å². The molecule has 1 unspecified atom stereocenters. The minimum atomic E-state index is -0.535. The van der Waals surface area contributed by atoms with Gasteiger partial charge < -0.3 is 4.90 Å². The Kier molecular flexibility index (Phi) is 5.18.